The average Bonchev–Trinajstić information content (AvgIpc) is 2.77. The number of nitrogens with one attached hydrogen (secondary N) is 1. The zero-order valence-electron chi connectivity index (χ0n) is 17.3. The highest BCUT2D eigenvalue weighted by Gasteiger charge is 2.16. The minimum Gasteiger partial charge on any atom is -0.369 e. The lowest BCUT2D eigenvalue weighted by Crippen LogP contribution is -2.44. The summed E-state index contributed by atoms with van der Waals surface area (Å²) in [4.78, 5) is 45.9. The summed E-state index contributed by atoms with van der Waals surface area (Å²) >= 11 is 0. The Bertz CT molecular complexity index is 1220. The molecule has 1 fully saturated rings. The van der Waals surface area contributed by atoms with Crippen LogP contribution in [0.25, 0.3) is 11.0 Å². The number of benzene rings is 1. The van der Waals surface area contributed by atoms with Gasteiger partial charge in [0.15, 0.2) is 0 Å². The van der Waals surface area contributed by atoms with Gasteiger partial charge in [0, 0.05) is 57.8 Å². The standard InChI is InChI=1S/C21H24N6O3/c1-24-8-10-27(11-9-24)16-6-4-15(5-7-16)23-19(28)14-12-17-18(22-13-14)25(2)21(30)26(3)20(17)29/h4-7,12-13H,8-11H2,1-3H3,(H,23,28). The number of piperazine rings is 1. The van der Waals surface area contributed by atoms with Gasteiger partial charge >= 0.3 is 5.69 Å². The molecule has 0 unspecified atom stereocenters. The lowest BCUT2D eigenvalue weighted by atomic mass is 10.2. The molecule has 4 rings (SSSR count). The third-order valence-electron chi connectivity index (χ3n) is 5.55. The number of rotatable bonds is 3. The summed E-state index contributed by atoms with van der Waals surface area (Å²) in [7, 11) is 5.06. The van der Waals surface area contributed by atoms with Crippen molar-refractivity contribution in [3.63, 3.8) is 0 Å². The summed E-state index contributed by atoms with van der Waals surface area (Å²) in [5.41, 5.74) is 1.34. The van der Waals surface area contributed by atoms with Crippen LogP contribution in [0.5, 0.6) is 0 Å². The molecule has 1 amide bonds. The van der Waals surface area contributed by atoms with Crippen LogP contribution in [0, 0.1) is 0 Å². The van der Waals surface area contributed by atoms with Crippen molar-refractivity contribution in [2.45, 2.75) is 0 Å². The van der Waals surface area contributed by atoms with Gasteiger partial charge in [-0.05, 0) is 37.4 Å². The van der Waals surface area contributed by atoms with E-state index in [0.29, 0.717) is 5.69 Å². The summed E-state index contributed by atoms with van der Waals surface area (Å²) in [6, 6.07) is 9.18. The van der Waals surface area contributed by atoms with E-state index in [2.05, 4.69) is 27.1 Å². The van der Waals surface area contributed by atoms with Crippen LogP contribution in [-0.2, 0) is 14.1 Å². The second kappa shape index (κ2) is 7.75. The summed E-state index contributed by atoms with van der Waals surface area (Å²) < 4.78 is 2.29. The number of aromatic nitrogens is 3. The molecule has 1 aliphatic rings. The fourth-order valence-electron chi connectivity index (χ4n) is 3.61. The smallest absolute Gasteiger partial charge is 0.332 e. The summed E-state index contributed by atoms with van der Waals surface area (Å²) in [5, 5.41) is 3.06. The fourth-order valence-corrected chi connectivity index (χ4v) is 3.61. The Hall–Kier alpha value is -3.46. The molecule has 3 aromatic rings. The maximum Gasteiger partial charge on any atom is 0.332 e. The van der Waals surface area contributed by atoms with Crippen molar-refractivity contribution in [1.82, 2.24) is 19.0 Å². The van der Waals surface area contributed by atoms with E-state index in [0.717, 1.165) is 36.4 Å². The van der Waals surface area contributed by atoms with Crippen LogP contribution in [0.2, 0.25) is 0 Å². The lowest BCUT2D eigenvalue weighted by molar-refractivity contribution is 0.102. The maximum atomic E-state index is 12.7. The second-order valence-electron chi connectivity index (χ2n) is 7.59. The van der Waals surface area contributed by atoms with E-state index < -0.39 is 11.2 Å². The summed E-state index contributed by atoms with van der Waals surface area (Å²) in [6.45, 7) is 4.00. The van der Waals surface area contributed by atoms with Crippen molar-refractivity contribution >= 4 is 28.3 Å². The Morgan fingerprint density at radius 2 is 1.63 bits per heavy atom. The van der Waals surface area contributed by atoms with Gasteiger partial charge in [0.25, 0.3) is 11.5 Å². The van der Waals surface area contributed by atoms with E-state index in [4.69, 9.17) is 0 Å². The van der Waals surface area contributed by atoms with Crippen LogP contribution in [0.15, 0.2) is 46.1 Å². The van der Waals surface area contributed by atoms with Gasteiger partial charge in [-0.25, -0.2) is 9.78 Å². The van der Waals surface area contributed by atoms with Crippen molar-refractivity contribution < 1.29 is 4.79 Å². The minimum absolute atomic E-state index is 0.220. The first-order chi connectivity index (χ1) is 14.3. The van der Waals surface area contributed by atoms with Crippen molar-refractivity contribution in [2.24, 2.45) is 14.1 Å². The molecule has 0 bridgehead atoms. The molecule has 9 nitrogen and oxygen atoms in total. The first-order valence-corrected chi connectivity index (χ1v) is 9.76. The third kappa shape index (κ3) is 3.59. The van der Waals surface area contributed by atoms with Gasteiger partial charge in [-0.1, -0.05) is 0 Å². The Morgan fingerprint density at radius 3 is 2.30 bits per heavy atom. The zero-order valence-corrected chi connectivity index (χ0v) is 17.3. The van der Waals surface area contributed by atoms with Gasteiger partial charge in [-0.2, -0.15) is 0 Å². The molecule has 0 radical (unpaired) electrons. The first-order valence-electron chi connectivity index (χ1n) is 9.76. The molecule has 3 heterocycles. The van der Waals surface area contributed by atoms with Crippen LogP contribution in [0.1, 0.15) is 10.4 Å². The maximum absolute atomic E-state index is 12.7. The van der Waals surface area contributed by atoms with Crippen molar-refractivity contribution in [3.8, 4) is 0 Å². The monoisotopic (exact) mass is 408 g/mol. The predicted octanol–water partition coefficient (Wildman–Crippen LogP) is 0.636. The lowest BCUT2D eigenvalue weighted by Gasteiger charge is -2.34. The first kappa shape index (κ1) is 19.8. The van der Waals surface area contributed by atoms with E-state index in [1.165, 1.54) is 23.9 Å². The molecule has 0 saturated carbocycles. The van der Waals surface area contributed by atoms with Gasteiger partial charge in [-0.3, -0.25) is 18.7 Å². The largest absolute Gasteiger partial charge is 0.369 e. The molecule has 30 heavy (non-hydrogen) atoms. The van der Waals surface area contributed by atoms with Crippen LogP contribution >= 0.6 is 0 Å². The molecule has 0 spiro atoms. The molecule has 9 heteroatoms. The fraction of sp³-hybridized carbons (Fsp3) is 0.333. The Balaban J connectivity index is 1.54. The van der Waals surface area contributed by atoms with Crippen LogP contribution in [-0.4, -0.2) is 58.2 Å². The molecule has 0 atom stereocenters. The van der Waals surface area contributed by atoms with Crippen LogP contribution < -0.4 is 21.5 Å². The van der Waals surface area contributed by atoms with Gasteiger partial charge in [0.05, 0.1) is 10.9 Å². The number of likely N-dealkylation sites (N-methyl/N-ethyl adjacent to an activating group) is 1. The summed E-state index contributed by atoms with van der Waals surface area (Å²) in [6.07, 6.45) is 1.37. The van der Waals surface area contributed by atoms with Crippen molar-refractivity contribution in [3.05, 3.63) is 62.9 Å². The molecule has 1 aromatic carbocycles. The molecular weight excluding hydrogens is 384 g/mol. The molecule has 0 aliphatic carbocycles. The van der Waals surface area contributed by atoms with Crippen LogP contribution in [0.3, 0.4) is 0 Å². The van der Waals surface area contributed by atoms with Crippen LogP contribution in [0.4, 0.5) is 11.4 Å². The number of hydrogen-bond donors (Lipinski definition) is 1. The number of nitrogens with zero attached hydrogens (tertiary/aromatic N) is 5. The Kier molecular flexibility index (Phi) is 5.13. The number of carbonyl (C=O) groups excluding carboxylic acids is 1. The van der Waals surface area contributed by atoms with Gasteiger partial charge in [-0.15, -0.1) is 0 Å². The van der Waals surface area contributed by atoms with Crippen molar-refractivity contribution in [2.75, 3.05) is 43.4 Å². The highest BCUT2D eigenvalue weighted by molar-refractivity contribution is 6.05. The number of carbonyl (C=O) groups is 1. The third-order valence-corrected chi connectivity index (χ3v) is 5.55. The molecule has 1 N–H and O–H groups in total. The second-order valence-corrected chi connectivity index (χ2v) is 7.59. The highest BCUT2D eigenvalue weighted by atomic mass is 16.2. The molecule has 1 aliphatic heterocycles. The van der Waals surface area contributed by atoms with Gasteiger partial charge in [0.1, 0.15) is 5.65 Å². The van der Waals surface area contributed by atoms with E-state index in [1.807, 2.05) is 24.3 Å². The van der Waals surface area contributed by atoms with Crippen molar-refractivity contribution in [1.29, 1.82) is 0 Å². The molecule has 1 saturated heterocycles. The Labute approximate surface area is 173 Å². The number of anilines is 2. The zero-order chi connectivity index (χ0) is 21.4. The molecule has 156 valence electrons. The number of aryl methyl sites for hydroxylation is 1. The number of hydrogen-bond acceptors (Lipinski definition) is 6. The van der Waals surface area contributed by atoms with E-state index >= 15 is 0 Å². The molecular formula is C21H24N6O3. The van der Waals surface area contributed by atoms with E-state index in [-0.39, 0.29) is 22.5 Å². The SMILES string of the molecule is CN1CCN(c2ccc(NC(=O)c3cnc4c(c3)c(=O)n(C)c(=O)n4C)cc2)CC1. The minimum atomic E-state index is -0.480. The van der Waals surface area contributed by atoms with Gasteiger partial charge < -0.3 is 15.1 Å². The molecule has 2 aromatic heterocycles. The normalized spacial score (nSPS) is 14.8. The number of amides is 1. The number of fused-ring (bicyclic) bond motifs is 1. The predicted molar refractivity (Wildman–Crippen MR) is 116 cm³/mol. The van der Waals surface area contributed by atoms with Gasteiger partial charge in [0.2, 0.25) is 0 Å². The van der Waals surface area contributed by atoms with E-state index in [9.17, 15) is 14.4 Å². The average molecular weight is 408 g/mol. The summed E-state index contributed by atoms with van der Waals surface area (Å²) in [5.74, 6) is -0.368. The van der Waals surface area contributed by atoms with E-state index in [1.54, 1.807) is 7.05 Å². The Morgan fingerprint density at radius 1 is 0.967 bits per heavy atom. The highest BCUT2D eigenvalue weighted by Crippen LogP contribution is 2.20. The number of pyridine rings is 1. The topological polar surface area (TPSA) is 92.5 Å². The quantitative estimate of drug-likeness (QED) is 0.684.